The van der Waals surface area contributed by atoms with E-state index >= 15 is 0 Å². The molecular formula is C26H30Cl2N4O5. The number of hydrogen-bond donors (Lipinski definition) is 2. The number of nitrogens with zero attached hydrogens (tertiary/aromatic N) is 2. The lowest BCUT2D eigenvalue weighted by molar-refractivity contribution is -0.142. The van der Waals surface area contributed by atoms with Crippen molar-refractivity contribution >= 4 is 46.8 Å². The highest BCUT2D eigenvalue weighted by molar-refractivity contribution is 6.39. The maximum Gasteiger partial charge on any atom is 0.328 e. The highest BCUT2D eigenvalue weighted by Crippen LogP contribution is 2.24. The molecule has 0 radical (unpaired) electrons. The van der Waals surface area contributed by atoms with Crippen LogP contribution in [0, 0.1) is 0 Å². The number of benzene rings is 2. The molecule has 37 heavy (non-hydrogen) atoms. The van der Waals surface area contributed by atoms with Crippen LogP contribution < -0.4 is 15.4 Å². The van der Waals surface area contributed by atoms with Crippen molar-refractivity contribution in [1.82, 2.24) is 15.5 Å². The van der Waals surface area contributed by atoms with Gasteiger partial charge in [-0.2, -0.15) is 0 Å². The van der Waals surface area contributed by atoms with Crippen LogP contribution >= 0.6 is 23.2 Å². The van der Waals surface area contributed by atoms with Gasteiger partial charge >= 0.3 is 5.97 Å². The summed E-state index contributed by atoms with van der Waals surface area (Å²) in [6.45, 7) is 2.42. The molecule has 9 nitrogen and oxygen atoms in total. The minimum Gasteiger partial charge on any atom is -0.494 e. The van der Waals surface area contributed by atoms with E-state index in [-0.39, 0.29) is 27.9 Å². The molecule has 11 heteroatoms. The van der Waals surface area contributed by atoms with Crippen molar-refractivity contribution in [2.75, 3.05) is 40.4 Å². The van der Waals surface area contributed by atoms with Gasteiger partial charge in [-0.25, -0.2) is 4.79 Å². The van der Waals surface area contributed by atoms with Gasteiger partial charge in [-0.05, 0) is 42.7 Å². The molecule has 2 N–H and O–H groups in total. The molecule has 0 aromatic heterocycles. The van der Waals surface area contributed by atoms with Crippen LogP contribution in [0.25, 0.3) is 0 Å². The summed E-state index contributed by atoms with van der Waals surface area (Å²) in [5.41, 5.74) is 0.907. The zero-order valence-corrected chi connectivity index (χ0v) is 22.3. The van der Waals surface area contributed by atoms with Crippen LogP contribution in [-0.4, -0.2) is 75.0 Å². The maximum atomic E-state index is 12.7. The molecule has 1 atom stereocenters. The number of esters is 1. The normalized spacial score (nSPS) is 14.0. The molecule has 2 aromatic rings. The van der Waals surface area contributed by atoms with Crippen LogP contribution in [0.15, 0.2) is 47.5 Å². The summed E-state index contributed by atoms with van der Waals surface area (Å²) in [5.74, 6) is -0.122. The largest absolute Gasteiger partial charge is 0.494 e. The number of amides is 2. The van der Waals surface area contributed by atoms with Gasteiger partial charge in [0, 0.05) is 26.6 Å². The number of amidine groups is 1. The van der Waals surface area contributed by atoms with E-state index in [0.29, 0.717) is 37.8 Å². The van der Waals surface area contributed by atoms with E-state index in [0.717, 1.165) is 18.4 Å². The number of rotatable bonds is 11. The van der Waals surface area contributed by atoms with E-state index in [4.69, 9.17) is 32.7 Å². The van der Waals surface area contributed by atoms with E-state index in [9.17, 15) is 14.4 Å². The average molecular weight is 549 g/mol. The first-order valence-electron chi connectivity index (χ1n) is 11.9. The lowest BCUT2D eigenvalue weighted by atomic mass is 10.0. The number of carbonyl (C=O) groups is 3. The van der Waals surface area contributed by atoms with Crippen molar-refractivity contribution in [3.05, 3.63) is 63.6 Å². The monoisotopic (exact) mass is 548 g/mol. The van der Waals surface area contributed by atoms with Crippen LogP contribution in [0.5, 0.6) is 5.75 Å². The minimum absolute atomic E-state index is 0.0794. The van der Waals surface area contributed by atoms with Crippen LogP contribution in [0.4, 0.5) is 0 Å². The Kier molecular flexibility index (Phi) is 10.6. The number of ether oxygens (including phenoxy) is 2. The van der Waals surface area contributed by atoms with Crippen molar-refractivity contribution in [3.8, 4) is 5.75 Å². The highest BCUT2D eigenvalue weighted by Gasteiger charge is 2.25. The number of nitrogens with one attached hydrogen (secondary N) is 2. The molecule has 0 unspecified atom stereocenters. The van der Waals surface area contributed by atoms with Crippen molar-refractivity contribution in [1.29, 1.82) is 0 Å². The highest BCUT2D eigenvalue weighted by atomic mass is 35.5. The zero-order valence-electron chi connectivity index (χ0n) is 20.8. The van der Waals surface area contributed by atoms with Gasteiger partial charge < -0.3 is 25.0 Å². The Morgan fingerprint density at radius 1 is 1.11 bits per heavy atom. The molecule has 1 heterocycles. The molecule has 2 amide bonds. The number of aliphatic imine (C=N–C) groups is 1. The molecule has 0 aliphatic carbocycles. The minimum atomic E-state index is -0.926. The standard InChI is InChI=1S/C26H30Cl2N4O5/c1-32-14-13-30-23(25(32)34)29-12-3-4-15-37-18-10-8-17(9-11-18)16-21(26(35)36-2)31-24(33)22-19(27)6-5-7-20(22)28/h5-11,21H,3-4,12-16H2,1-2H3,(H,29,30)(H,31,33)/t21-/m0/s1. The molecule has 1 aliphatic heterocycles. The molecule has 3 rings (SSSR count). The van der Waals surface area contributed by atoms with Gasteiger partial charge in [-0.15, -0.1) is 0 Å². The third-order valence-electron chi connectivity index (χ3n) is 5.73. The van der Waals surface area contributed by atoms with Crippen molar-refractivity contribution in [2.24, 2.45) is 4.99 Å². The molecule has 198 valence electrons. The van der Waals surface area contributed by atoms with Crippen LogP contribution in [0.3, 0.4) is 0 Å². The zero-order chi connectivity index (χ0) is 26.8. The fourth-order valence-electron chi connectivity index (χ4n) is 3.66. The van der Waals surface area contributed by atoms with Gasteiger partial charge in [0.2, 0.25) is 0 Å². The van der Waals surface area contributed by atoms with Gasteiger partial charge in [-0.3, -0.25) is 14.6 Å². The van der Waals surface area contributed by atoms with Gasteiger partial charge in [0.1, 0.15) is 11.8 Å². The second-order valence-corrected chi connectivity index (χ2v) is 9.25. The number of hydrogen-bond acceptors (Lipinski definition) is 7. The molecule has 0 fully saturated rings. The quantitative estimate of drug-likeness (QED) is 0.330. The molecule has 1 aliphatic rings. The third-order valence-corrected chi connectivity index (χ3v) is 6.36. The summed E-state index contributed by atoms with van der Waals surface area (Å²) in [4.78, 5) is 42.9. The second-order valence-electron chi connectivity index (χ2n) is 8.43. The Hall–Kier alpha value is -3.30. The molecule has 0 saturated heterocycles. The molecule has 0 spiro atoms. The molecule has 2 aromatic carbocycles. The SMILES string of the molecule is COC(=O)[C@H](Cc1ccc(OCCCCNC2=NCCN(C)C2=O)cc1)NC(=O)c1c(Cl)cccc1Cl. The lowest BCUT2D eigenvalue weighted by Gasteiger charge is -2.22. The smallest absolute Gasteiger partial charge is 0.328 e. The summed E-state index contributed by atoms with van der Waals surface area (Å²) in [5, 5.41) is 6.13. The van der Waals surface area contributed by atoms with Crippen molar-refractivity contribution < 1.29 is 23.9 Å². The fourth-order valence-corrected chi connectivity index (χ4v) is 4.22. The van der Waals surface area contributed by atoms with E-state index in [1.807, 2.05) is 12.1 Å². The van der Waals surface area contributed by atoms with E-state index < -0.39 is 17.9 Å². The predicted molar refractivity (Wildman–Crippen MR) is 143 cm³/mol. The summed E-state index contributed by atoms with van der Waals surface area (Å²) >= 11 is 12.2. The fraction of sp³-hybridized carbons (Fsp3) is 0.385. The Bertz CT molecular complexity index is 1120. The van der Waals surface area contributed by atoms with Gasteiger partial charge in [0.05, 0.1) is 35.9 Å². The number of likely N-dealkylation sites (N-methyl/N-ethyl adjacent to an activating group) is 1. The number of carbonyl (C=O) groups excluding carboxylic acids is 3. The van der Waals surface area contributed by atoms with Crippen LogP contribution in [-0.2, 0) is 20.7 Å². The topological polar surface area (TPSA) is 109 Å². The summed E-state index contributed by atoms with van der Waals surface area (Å²) < 4.78 is 10.7. The Morgan fingerprint density at radius 2 is 1.81 bits per heavy atom. The van der Waals surface area contributed by atoms with Crippen LogP contribution in [0.1, 0.15) is 28.8 Å². The molecule has 0 bridgehead atoms. The summed E-state index contributed by atoms with van der Waals surface area (Å²) in [6, 6.07) is 11.1. The Morgan fingerprint density at radius 3 is 2.49 bits per heavy atom. The van der Waals surface area contributed by atoms with Crippen molar-refractivity contribution in [2.45, 2.75) is 25.3 Å². The van der Waals surface area contributed by atoms with Gasteiger partial charge in [0.15, 0.2) is 5.84 Å². The molecular weight excluding hydrogens is 519 g/mol. The first-order chi connectivity index (χ1) is 17.8. The average Bonchev–Trinajstić information content (AvgIpc) is 2.88. The Labute approximate surface area is 226 Å². The maximum absolute atomic E-state index is 12.7. The second kappa shape index (κ2) is 13.9. The predicted octanol–water partition coefficient (Wildman–Crippen LogP) is 3.13. The number of methoxy groups -OCH3 is 1. The molecule has 0 saturated carbocycles. The van der Waals surface area contributed by atoms with E-state index in [1.165, 1.54) is 7.11 Å². The first kappa shape index (κ1) is 28.3. The van der Waals surface area contributed by atoms with Crippen molar-refractivity contribution in [3.63, 3.8) is 0 Å². The van der Waals surface area contributed by atoms with Crippen LogP contribution in [0.2, 0.25) is 10.0 Å². The number of unbranched alkanes of at least 4 members (excludes halogenated alkanes) is 1. The summed E-state index contributed by atoms with van der Waals surface area (Å²) in [7, 11) is 3.02. The van der Waals surface area contributed by atoms with E-state index in [1.54, 1.807) is 42.3 Å². The van der Waals surface area contributed by atoms with Gasteiger partial charge in [0.25, 0.3) is 11.8 Å². The number of halogens is 2. The lowest BCUT2D eigenvalue weighted by Crippen LogP contribution is -2.46. The third kappa shape index (κ3) is 8.10. The first-order valence-corrected chi connectivity index (χ1v) is 12.6. The van der Waals surface area contributed by atoms with Gasteiger partial charge in [-0.1, -0.05) is 41.4 Å². The van der Waals surface area contributed by atoms with E-state index in [2.05, 4.69) is 15.6 Å². The Balaban J connectivity index is 1.46. The summed E-state index contributed by atoms with van der Waals surface area (Å²) in [6.07, 6.45) is 1.83.